The number of halogens is 1. The lowest BCUT2D eigenvalue weighted by atomic mass is 10.3. The zero-order valence-electron chi connectivity index (χ0n) is 6.67. The first-order valence-corrected chi connectivity index (χ1v) is 3.05. The molecule has 1 fully saturated rings. The second-order valence-electron chi connectivity index (χ2n) is 2.55. The van der Waals surface area contributed by atoms with Gasteiger partial charge in [0.1, 0.15) is 0 Å². The Hall–Kier alpha value is 0.170. The molecule has 0 spiro atoms. The highest BCUT2D eigenvalue weighted by molar-refractivity contribution is 5.85. The smallest absolute Gasteiger partial charge is 0.0822 e. The molecule has 0 aromatic heterocycles. The third-order valence-electron chi connectivity index (χ3n) is 1.30. The molecule has 1 aliphatic heterocycles. The van der Waals surface area contributed by atoms with Gasteiger partial charge in [0, 0.05) is 6.54 Å². The molecular weight excluding hydrogens is 152 g/mol. The zero-order valence-corrected chi connectivity index (χ0v) is 7.49. The van der Waals surface area contributed by atoms with Gasteiger partial charge < -0.3 is 15.8 Å². The summed E-state index contributed by atoms with van der Waals surface area (Å²) in [7, 11) is 4.17. The van der Waals surface area contributed by atoms with Crippen molar-refractivity contribution in [3.05, 3.63) is 0 Å². The van der Waals surface area contributed by atoms with E-state index >= 15 is 0 Å². The van der Waals surface area contributed by atoms with E-state index in [9.17, 15) is 0 Å². The van der Waals surface area contributed by atoms with Crippen molar-refractivity contribution in [1.82, 2.24) is 11.1 Å². The van der Waals surface area contributed by atoms with Gasteiger partial charge in [-0.3, -0.25) is 0 Å². The number of epoxide rings is 1. The van der Waals surface area contributed by atoms with Gasteiger partial charge in [-0.15, -0.1) is 12.4 Å². The molecule has 0 bridgehead atoms. The SMILES string of the molecule is CN(C)CCC1CO1.Cl.N. The van der Waals surface area contributed by atoms with E-state index in [-0.39, 0.29) is 18.6 Å². The summed E-state index contributed by atoms with van der Waals surface area (Å²) in [5, 5.41) is 0. The molecular formula is C6H17ClN2O. The molecule has 1 rings (SSSR count). The van der Waals surface area contributed by atoms with Crippen molar-refractivity contribution in [3.63, 3.8) is 0 Å². The number of ether oxygens (including phenoxy) is 1. The van der Waals surface area contributed by atoms with Crippen molar-refractivity contribution >= 4 is 12.4 Å². The quantitative estimate of drug-likeness (QED) is 0.638. The summed E-state index contributed by atoms with van der Waals surface area (Å²) in [6.07, 6.45) is 1.80. The Bertz CT molecular complexity index is 74.1. The average Bonchev–Trinajstić information content (AvgIpc) is 2.41. The highest BCUT2D eigenvalue weighted by Gasteiger charge is 2.21. The van der Waals surface area contributed by atoms with E-state index in [2.05, 4.69) is 19.0 Å². The molecule has 3 N–H and O–H groups in total. The summed E-state index contributed by atoms with van der Waals surface area (Å²) < 4.78 is 5.03. The lowest BCUT2D eigenvalue weighted by molar-refractivity contribution is 0.342. The van der Waals surface area contributed by atoms with Crippen LogP contribution < -0.4 is 6.15 Å². The molecule has 1 heterocycles. The van der Waals surface area contributed by atoms with Crippen LogP contribution in [0.15, 0.2) is 0 Å². The van der Waals surface area contributed by atoms with Gasteiger partial charge in [0.25, 0.3) is 0 Å². The van der Waals surface area contributed by atoms with E-state index < -0.39 is 0 Å². The van der Waals surface area contributed by atoms with E-state index in [4.69, 9.17) is 4.74 Å². The maximum atomic E-state index is 5.03. The molecule has 0 aliphatic carbocycles. The lowest BCUT2D eigenvalue weighted by Crippen LogP contribution is -2.14. The zero-order chi connectivity index (χ0) is 5.98. The average molecular weight is 169 g/mol. The van der Waals surface area contributed by atoms with Crippen LogP contribution >= 0.6 is 12.4 Å². The second-order valence-corrected chi connectivity index (χ2v) is 2.55. The van der Waals surface area contributed by atoms with Gasteiger partial charge >= 0.3 is 0 Å². The fourth-order valence-corrected chi connectivity index (χ4v) is 0.637. The summed E-state index contributed by atoms with van der Waals surface area (Å²) in [5.41, 5.74) is 0. The minimum Gasteiger partial charge on any atom is -0.373 e. The lowest BCUT2D eigenvalue weighted by Gasteiger charge is -2.05. The Balaban J connectivity index is 0. The Morgan fingerprint density at radius 3 is 2.30 bits per heavy atom. The maximum absolute atomic E-state index is 5.03. The van der Waals surface area contributed by atoms with E-state index in [1.807, 2.05) is 0 Å². The van der Waals surface area contributed by atoms with E-state index in [1.54, 1.807) is 0 Å². The standard InChI is InChI=1S/C6H13NO.ClH.H3N/c1-7(2)4-3-6-5-8-6;;/h6H,3-5H2,1-2H3;1H;1H3. The molecule has 0 radical (unpaired) electrons. The van der Waals surface area contributed by atoms with Crippen LogP contribution in [0.25, 0.3) is 0 Å². The number of nitrogens with zero attached hydrogens (tertiary/aromatic N) is 1. The number of hydrogen-bond acceptors (Lipinski definition) is 3. The largest absolute Gasteiger partial charge is 0.373 e. The van der Waals surface area contributed by atoms with E-state index in [0.717, 1.165) is 13.2 Å². The molecule has 10 heavy (non-hydrogen) atoms. The van der Waals surface area contributed by atoms with Crippen LogP contribution in [0.3, 0.4) is 0 Å². The van der Waals surface area contributed by atoms with Gasteiger partial charge in [-0.2, -0.15) is 0 Å². The molecule has 0 aromatic carbocycles. The summed E-state index contributed by atoms with van der Waals surface area (Å²) >= 11 is 0. The minimum absolute atomic E-state index is 0. The van der Waals surface area contributed by atoms with Crippen LogP contribution in [0.2, 0.25) is 0 Å². The van der Waals surface area contributed by atoms with Crippen molar-refractivity contribution in [2.45, 2.75) is 12.5 Å². The van der Waals surface area contributed by atoms with E-state index in [0.29, 0.717) is 6.10 Å². The first kappa shape index (κ1) is 12.8. The van der Waals surface area contributed by atoms with Crippen molar-refractivity contribution in [3.8, 4) is 0 Å². The first-order chi connectivity index (χ1) is 3.79. The summed E-state index contributed by atoms with van der Waals surface area (Å²) in [5.74, 6) is 0. The predicted octanol–water partition coefficient (Wildman–Crippen LogP) is 0.921. The third-order valence-corrected chi connectivity index (χ3v) is 1.30. The van der Waals surface area contributed by atoms with Crippen LogP contribution in [0.5, 0.6) is 0 Å². The second kappa shape index (κ2) is 5.92. The third kappa shape index (κ3) is 6.29. The molecule has 1 saturated heterocycles. The minimum atomic E-state index is 0. The molecule has 1 aliphatic rings. The van der Waals surface area contributed by atoms with Gasteiger partial charge in [0.2, 0.25) is 0 Å². The fraction of sp³-hybridized carbons (Fsp3) is 1.00. The molecule has 4 heteroatoms. The van der Waals surface area contributed by atoms with Crippen molar-refractivity contribution in [2.75, 3.05) is 27.2 Å². The Morgan fingerprint density at radius 1 is 1.50 bits per heavy atom. The van der Waals surface area contributed by atoms with Crippen LogP contribution in [-0.4, -0.2) is 38.3 Å². The predicted molar refractivity (Wildman–Crippen MR) is 45.2 cm³/mol. The van der Waals surface area contributed by atoms with Crippen LogP contribution in [0.1, 0.15) is 6.42 Å². The summed E-state index contributed by atoms with van der Waals surface area (Å²) in [6, 6.07) is 0. The molecule has 1 unspecified atom stereocenters. The van der Waals surface area contributed by atoms with Gasteiger partial charge in [-0.25, -0.2) is 0 Å². The van der Waals surface area contributed by atoms with Crippen molar-refractivity contribution < 1.29 is 4.74 Å². The molecule has 0 aromatic rings. The summed E-state index contributed by atoms with van der Waals surface area (Å²) in [4.78, 5) is 2.18. The monoisotopic (exact) mass is 168 g/mol. The van der Waals surface area contributed by atoms with Gasteiger partial charge in [0.05, 0.1) is 12.7 Å². The van der Waals surface area contributed by atoms with Gasteiger partial charge in [-0.1, -0.05) is 0 Å². The topological polar surface area (TPSA) is 50.8 Å². The molecule has 0 saturated carbocycles. The highest BCUT2D eigenvalue weighted by Crippen LogP contribution is 2.12. The van der Waals surface area contributed by atoms with Gasteiger partial charge in [0.15, 0.2) is 0 Å². The Morgan fingerprint density at radius 2 is 2.00 bits per heavy atom. The Labute approximate surface area is 68.7 Å². The molecule has 0 amide bonds. The summed E-state index contributed by atoms with van der Waals surface area (Å²) in [6.45, 7) is 2.15. The fourth-order valence-electron chi connectivity index (χ4n) is 0.637. The molecule has 1 atom stereocenters. The van der Waals surface area contributed by atoms with E-state index in [1.165, 1.54) is 6.42 Å². The molecule has 64 valence electrons. The van der Waals surface area contributed by atoms with Crippen LogP contribution in [-0.2, 0) is 4.74 Å². The highest BCUT2D eigenvalue weighted by atomic mass is 35.5. The normalized spacial score (nSPS) is 21.3. The van der Waals surface area contributed by atoms with Gasteiger partial charge in [-0.05, 0) is 20.5 Å². The first-order valence-electron chi connectivity index (χ1n) is 3.05. The number of hydrogen-bond donors (Lipinski definition) is 1. The number of rotatable bonds is 3. The molecule has 3 nitrogen and oxygen atoms in total. The maximum Gasteiger partial charge on any atom is 0.0822 e. The van der Waals surface area contributed by atoms with Crippen molar-refractivity contribution in [1.29, 1.82) is 0 Å². The van der Waals surface area contributed by atoms with Crippen LogP contribution in [0, 0.1) is 0 Å². The van der Waals surface area contributed by atoms with Crippen molar-refractivity contribution in [2.24, 2.45) is 0 Å². The van der Waals surface area contributed by atoms with Crippen LogP contribution in [0.4, 0.5) is 0 Å². The Kier molecular flexibility index (Phi) is 7.58.